The van der Waals surface area contributed by atoms with Crippen LogP contribution in [0.4, 0.5) is 10.5 Å². The van der Waals surface area contributed by atoms with Crippen molar-refractivity contribution in [1.29, 1.82) is 0 Å². The minimum absolute atomic E-state index is 0.0201. The van der Waals surface area contributed by atoms with Gasteiger partial charge in [0.1, 0.15) is 0 Å². The Labute approximate surface area is 143 Å². The van der Waals surface area contributed by atoms with Gasteiger partial charge in [-0.3, -0.25) is 19.7 Å². The van der Waals surface area contributed by atoms with Gasteiger partial charge in [0.2, 0.25) is 6.79 Å². The van der Waals surface area contributed by atoms with E-state index in [1.807, 2.05) is 0 Å². The molecule has 0 N–H and O–H groups in total. The number of ether oxygens (including phenoxy) is 2. The third-order valence-electron chi connectivity index (χ3n) is 3.67. The number of carbonyl (C=O) groups excluding carboxylic acids is 3. The maximum Gasteiger partial charge on any atom is 0.419 e. The van der Waals surface area contributed by atoms with Crippen LogP contribution < -0.4 is 0 Å². The molecule has 0 atom stereocenters. The molecule has 0 bridgehead atoms. The smallest absolute Gasteiger partial charge is 0.419 e. The highest BCUT2D eigenvalue weighted by molar-refractivity contribution is 6.03. The lowest BCUT2D eigenvalue weighted by Crippen LogP contribution is -2.39. The highest BCUT2D eigenvalue weighted by Crippen LogP contribution is 2.30. The van der Waals surface area contributed by atoms with Gasteiger partial charge in [0, 0.05) is 29.7 Å². The van der Waals surface area contributed by atoms with E-state index < -0.39 is 29.7 Å². The molecule has 1 aromatic rings. The third kappa shape index (κ3) is 4.52. The first-order chi connectivity index (χ1) is 11.8. The van der Waals surface area contributed by atoms with Crippen molar-refractivity contribution in [3.63, 3.8) is 0 Å². The number of hydrogen-bond acceptors (Lipinski definition) is 7. The monoisotopic (exact) mass is 350 g/mol. The Balaban J connectivity index is 2.13. The summed E-state index contributed by atoms with van der Waals surface area (Å²) in [5, 5.41) is 11.0. The molecule has 1 aliphatic carbocycles. The maximum atomic E-state index is 12.6. The van der Waals surface area contributed by atoms with Crippen molar-refractivity contribution in [1.82, 2.24) is 4.90 Å². The van der Waals surface area contributed by atoms with E-state index in [1.54, 1.807) is 13.8 Å². The Bertz CT molecular complexity index is 712. The largest absolute Gasteiger partial charge is 0.428 e. The zero-order valence-electron chi connectivity index (χ0n) is 13.9. The summed E-state index contributed by atoms with van der Waals surface area (Å²) in [4.78, 5) is 47.1. The Morgan fingerprint density at radius 1 is 1.28 bits per heavy atom. The SMILES string of the molecule is CCC(=O)OCOC(=O)N(C(=O)c1ccc(C)c([N+](=O)[O-])c1)C1CC1. The van der Waals surface area contributed by atoms with Gasteiger partial charge >= 0.3 is 12.1 Å². The molecule has 2 amide bonds. The summed E-state index contributed by atoms with van der Waals surface area (Å²) in [5.41, 5.74) is 0.229. The number of rotatable bonds is 6. The lowest BCUT2D eigenvalue weighted by atomic mass is 10.1. The zero-order valence-corrected chi connectivity index (χ0v) is 13.9. The molecule has 1 aliphatic rings. The summed E-state index contributed by atoms with van der Waals surface area (Å²) >= 11 is 0. The van der Waals surface area contributed by atoms with Crippen molar-refractivity contribution in [3.8, 4) is 0 Å². The van der Waals surface area contributed by atoms with Crippen molar-refractivity contribution >= 4 is 23.7 Å². The Hall–Kier alpha value is -2.97. The van der Waals surface area contributed by atoms with E-state index in [0.29, 0.717) is 18.4 Å². The second kappa shape index (κ2) is 7.73. The lowest BCUT2D eigenvalue weighted by Gasteiger charge is -2.20. The van der Waals surface area contributed by atoms with E-state index in [2.05, 4.69) is 4.74 Å². The second-order valence-corrected chi connectivity index (χ2v) is 5.56. The van der Waals surface area contributed by atoms with Crippen LogP contribution in [-0.4, -0.2) is 40.6 Å². The van der Waals surface area contributed by atoms with E-state index in [0.717, 1.165) is 11.0 Å². The highest BCUT2D eigenvalue weighted by atomic mass is 16.7. The number of carbonyl (C=O) groups is 3. The number of nitro benzene ring substituents is 1. The molecule has 0 aromatic heterocycles. The molecule has 0 radical (unpaired) electrons. The number of aryl methyl sites for hydroxylation is 1. The van der Waals surface area contributed by atoms with Gasteiger partial charge in [0.15, 0.2) is 0 Å². The first kappa shape index (κ1) is 18.4. The van der Waals surface area contributed by atoms with Crippen LogP contribution in [0.3, 0.4) is 0 Å². The summed E-state index contributed by atoms with van der Waals surface area (Å²) in [6.07, 6.45) is 0.447. The van der Waals surface area contributed by atoms with Gasteiger partial charge in [-0.25, -0.2) is 9.69 Å². The average Bonchev–Trinajstić information content (AvgIpc) is 3.39. The van der Waals surface area contributed by atoms with Gasteiger partial charge in [-0.2, -0.15) is 0 Å². The quantitative estimate of drug-likeness (QED) is 0.335. The van der Waals surface area contributed by atoms with Gasteiger partial charge in [0.05, 0.1) is 4.92 Å². The number of nitro groups is 1. The summed E-state index contributed by atoms with van der Waals surface area (Å²) in [6, 6.07) is 3.69. The molecule has 1 fully saturated rings. The first-order valence-electron chi connectivity index (χ1n) is 7.76. The van der Waals surface area contributed by atoms with E-state index in [1.165, 1.54) is 12.1 Å². The van der Waals surface area contributed by atoms with Crippen molar-refractivity contribution in [2.45, 2.75) is 39.2 Å². The van der Waals surface area contributed by atoms with Gasteiger partial charge < -0.3 is 9.47 Å². The Morgan fingerprint density at radius 3 is 2.52 bits per heavy atom. The zero-order chi connectivity index (χ0) is 18.6. The molecule has 9 nitrogen and oxygen atoms in total. The number of nitrogens with zero attached hydrogens (tertiary/aromatic N) is 2. The lowest BCUT2D eigenvalue weighted by molar-refractivity contribution is -0.385. The van der Waals surface area contributed by atoms with E-state index >= 15 is 0 Å². The van der Waals surface area contributed by atoms with Gasteiger partial charge in [-0.1, -0.05) is 13.0 Å². The van der Waals surface area contributed by atoms with Crippen LogP contribution in [0.1, 0.15) is 42.1 Å². The summed E-state index contributed by atoms with van der Waals surface area (Å²) in [6.45, 7) is 2.56. The molecule has 0 saturated heterocycles. The number of benzene rings is 1. The minimum Gasteiger partial charge on any atom is -0.428 e. The van der Waals surface area contributed by atoms with E-state index in [9.17, 15) is 24.5 Å². The van der Waals surface area contributed by atoms with Crippen LogP contribution in [0.2, 0.25) is 0 Å². The Morgan fingerprint density at radius 2 is 1.96 bits per heavy atom. The van der Waals surface area contributed by atoms with Gasteiger partial charge in [-0.15, -0.1) is 0 Å². The first-order valence-corrected chi connectivity index (χ1v) is 7.76. The fourth-order valence-electron chi connectivity index (χ4n) is 2.13. The normalized spacial score (nSPS) is 13.0. The summed E-state index contributed by atoms with van der Waals surface area (Å²) in [7, 11) is 0. The summed E-state index contributed by atoms with van der Waals surface area (Å²) in [5.74, 6) is -1.22. The molecule has 0 heterocycles. The molecular formula is C16H18N2O7. The fraction of sp³-hybridized carbons (Fsp3) is 0.438. The molecule has 0 aliphatic heterocycles. The molecule has 25 heavy (non-hydrogen) atoms. The van der Waals surface area contributed by atoms with Crippen molar-refractivity contribution in [3.05, 3.63) is 39.4 Å². The Kier molecular flexibility index (Phi) is 5.68. The molecule has 9 heteroatoms. The second-order valence-electron chi connectivity index (χ2n) is 5.56. The molecule has 2 rings (SSSR count). The maximum absolute atomic E-state index is 12.6. The number of esters is 1. The van der Waals surface area contributed by atoms with Crippen LogP contribution in [-0.2, 0) is 14.3 Å². The summed E-state index contributed by atoms with van der Waals surface area (Å²) < 4.78 is 9.47. The van der Waals surface area contributed by atoms with Crippen LogP contribution in [0.5, 0.6) is 0 Å². The average molecular weight is 350 g/mol. The van der Waals surface area contributed by atoms with Crippen LogP contribution >= 0.6 is 0 Å². The standard InChI is InChI=1S/C16H18N2O7/c1-3-14(19)24-9-25-16(21)17(12-6-7-12)15(20)11-5-4-10(2)13(8-11)18(22)23/h4-5,8,12H,3,6-7,9H2,1-2H3. The number of imide groups is 1. The fourth-order valence-corrected chi connectivity index (χ4v) is 2.13. The van der Waals surface area contributed by atoms with E-state index in [-0.39, 0.29) is 23.7 Å². The van der Waals surface area contributed by atoms with E-state index in [4.69, 9.17) is 4.74 Å². The number of amides is 2. The van der Waals surface area contributed by atoms with Crippen molar-refractivity contribution in [2.75, 3.05) is 6.79 Å². The molecule has 0 spiro atoms. The molecule has 1 aromatic carbocycles. The topological polar surface area (TPSA) is 116 Å². The minimum atomic E-state index is -0.945. The predicted molar refractivity (Wildman–Crippen MR) is 84.8 cm³/mol. The predicted octanol–water partition coefficient (Wildman–Crippen LogP) is 2.56. The third-order valence-corrected chi connectivity index (χ3v) is 3.67. The molecule has 1 saturated carbocycles. The van der Waals surface area contributed by atoms with Crippen molar-refractivity contribution in [2.24, 2.45) is 0 Å². The molecular weight excluding hydrogens is 332 g/mol. The highest BCUT2D eigenvalue weighted by Gasteiger charge is 2.39. The molecule has 134 valence electrons. The van der Waals surface area contributed by atoms with Crippen molar-refractivity contribution < 1.29 is 28.8 Å². The molecule has 0 unspecified atom stereocenters. The van der Waals surface area contributed by atoms with Gasteiger partial charge in [0.25, 0.3) is 11.6 Å². The number of hydrogen-bond donors (Lipinski definition) is 0. The van der Waals surface area contributed by atoms with Gasteiger partial charge in [-0.05, 0) is 25.8 Å². The van der Waals surface area contributed by atoms with Crippen LogP contribution in [0.25, 0.3) is 0 Å². The van der Waals surface area contributed by atoms with Crippen LogP contribution in [0, 0.1) is 17.0 Å². The van der Waals surface area contributed by atoms with Crippen LogP contribution in [0.15, 0.2) is 18.2 Å².